The van der Waals surface area contributed by atoms with Gasteiger partial charge in [0.1, 0.15) is 18.0 Å². The minimum atomic E-state index is -0.546. The molecule has 0 unspecified atom stereocenters. The topological polar surface area (TPSA) is 90.5 Å². The number of carbonyl (C=O) groups excluding carboxylic acids is 1. The maximum atomic E-state index is 11.7. The Morgan fingerprint density at radius 3 is 2.68 bits per heavy atom. The average Bonchev–Trinajstić information content (AvgIpc) is 2.72. The van der Waals surface area contributed by atoms with Crippen LogP contribution in [0, 0.1) is 10.1 Å². The monoisotopic (exact) mass is 270 g/mol. The summed E-state index contributed by atoms with van der Waals surface area (Å²) in [6.45, 7) is 6.08. The standard InChI is InChI=1S/C11H18N4O4/c1-11(2,3)19-10(16)13(4)5-6-14-8-9(7-12-14)15(17)18/h7-8H,5-6H2,1-4H3. The van der Waals surface area contributed by atoms with Crippen molar-refractivity contribution in [1.29, 1.82) is 0 Å². The molecule has 0 aliphatic rings. The zero-order valence-electron chi connectivity index (χ0n) is 11.5. The van der Waals surface area contributed by atoms with Crippen LogP contribution in [-0.2, 0) is 11.3 Å². The Kier molecular flexibility index (Phi) is 4.47. The lowest BCUT2D eigenvalue weighted by Crippen LogP contribution is -2.36. The first kappa shape index (κ1) is 14.9. The van der Waals surface area contributed by atoms with Gasteiger partial charge in [-0.25, -0.2) is 4.79 Å². The predicted molar refractivity (Wildman–Crippen MR) is 67.7 cm³/mol. The van der Waals surface area contributed by atoms with Crippen LogP contribution in [-0.4, -0.2) is 44.9 Å². The molecule has 0 atom stereocenters. The molecule has 0 saturated heterocycles. The van der Waals surface area contributed by atoms with Crippen molar-refractivity contribution in [1.82, 2.24) is 14.7 Å². The third kappa shape index (κ3) is 4.94. The maximum absolute atomic E-state index is 11.7. The van der Waals surface area contributed by atoms with Crippen molar-refractivity contribution in [2.75, 3.05) is 13.6 Å². The number of rotatable bonds is 4. The summed E-state index contributed by atoms with van der Waals surface area (Å²) in [6.07, 6.45) is 2.06. The van der Waals surface area contributed by atoms with Gasteiger partial charge in [0.25, 0.3) is 0 Å². The highest BCUT2D eigenvalue weighted by molar-refractivity contribution is 5.67. The number of ether oxygens (including phenoxy) is 1. The predicted octanol–water partition coefficient (Wildman–Crippen LogP) is 1.66. The van der Waals surface area contributed by atoms with E-state index in [0.29, 0.717) is 13.1 Å². The molecule has 1 heterocycles. The van der Waals surface area contributed by atoms with Crippen molar-refractivity contribution >= 4 is 11.8 Å². The van der Waals surface area contributed by atoms with E-state index >= 15 is 0 Å². The summed E-state index contributed by atoms with van der Waals surface area (Å²) in [7, 11) is 1.60. The first-order valence-electron chi connectivity index (χ1n) is 5.80. The highest BCUT2D eigenvalue weighted by Gasteiger charge is 2.19. The highest BCUT2D eigenvalue weighted by atomic mass is 16.6. The number of nitro groups is 1. The van der Waals surface area contributed by atoms with Gasteiger partial charge in [0.15, 0.2) is 0 Å². The molecule has 0 fully saturated rings. The molecule has 1 amide bonds. The minimum Gasteiger partial charge on any atom is -0.444 e. The van der Waals surface area contributed by atoms with Gasteiger partial charge in [0.2, 0.25) is 0 Å². The number of aromatic nitrogens is 2. The van der Waals surface area contributed by atoms with E-state index in [9.17, 15) is 14.9 Å². The quantitative estimate of drug-likeness (QED) is 0.613. The number of carbonyl (C=O) groups is 1. The second kappa shape index (κ2) is 5.68. The van der Waals surface area contributed by atoms with E-state index in [0.717, 1.165) is 0 Å². The normalized spacial score (nSPS) is 11.2. The number of likely N-dealkylation sites (N-methyl/N-ethyl adjacent to an activating group) is 1. The molecule has 19 heavy (non-hydrogen) atoms. The van der Waals surface area contributed by atoms with Gasteiger partial charge in [-0.3, -0.25) is 14.8 Å². The fourth-order valence-electron chi connectivity index (χ4n) is 1.25. The molecule has 106 valence electrons. The minimum absolute atomic E-state index is 0.0695. The zero-order chi connectivity index (χ0) is 14.6. The third-order valence-corrected chi connectivity index (χ3v) is 2.20. The molecule has 1 rings (SSSR count). The SMILES string of the molecule is CN(CCn1cc([N+](=O)[O-])cn1)C(=O)OC(C)(C)C. The van der Waals surface area contributed by atoms with Crippen LogP contribution in [0.25, 0.3) is 0 Å². The molecule has 0 radical (unpaired) electrons. The molecule has 0 bridgehead atoms. The summed E-state index contributed by atoms with van der Waals surface area (Å²) in [4.78, 5) is 23.0. The lowest BCUT2D eigenvalue weighted by molar-refractivity contribution is -0.385. The van der Waals surface area contributed by atoms with Crippen LogP contribution in [0.5, 0.6) is 0 Å². The van der Waals surface area contributed by atoms with Gasteiger partial charge in [0.05, 0.1) is 11.5 Å². The Bertz CT molecular complexity index is 464. The first-order valence-corrected chi connectivity index (χ1v) is 5.80. The van der Waals surface area contributed by atoms with E-state index < -0.39 is 16.6 Å². The number of nitrogens with zero attached hydrogens (tertiary/aromatic N) is 4. The molecular formula is C11H18N4O4. The van der Waals surface area contributed by atoms with Crippen molar-refractivity contribution in [2.24, 2.45) is 0 Å². The number of amides is 1. The zero-order valence-corrected chi connectivity index (χ0v) is 11.5. The average molecular weight is 270 g/mol. The largest absolute Gasteiger partial charge is 0.444 e. The van der Waals surface area contributed by atoms with Crippen LogP contribution >= 0.6 is 0 Å². The van der Waals surface area contributed by atoms with Gasteiger partial charge in [0, 0.05) is 13.6 Å². The third-order valence-electron chi connectivity index (χ3n) is 2.20. The molecule has 8 nitrogen and oxygen atoms in total. The van der Waals surface area contributed by atoms with Crippen LogP contribution in [0.3, 0.4) is 0 Å². The van der Waals surface area contributed by atoms with E-state index in [1.54, 1.807) is 27.8 Å². The summed E-state index contributed by atoms with van der Waals surface area (Å²) in [5.41, 5.74) is -0.615. The van der Waals surface area contributed by atoms with Crippen molar-refractivity contribution in [3.63, 3.8) is 0 Å². The van der Waals surface area contributed by atoms with E-state index in [-0.39, 0.29) is 5.69 Å². The summed E-state index contributed by atoms with van der Waals surface area (Å²) in [6, 6.07) is 0. The Morgan fingerprint density at radius 1 is 1.58 bits per heavy atom. The first-order chi connectivity index (χ1) is 8.69. The van der Waals surface area contributed by atoms with Gasteiger partial charge in [-0.05, 0) is 20.8 Å². The Labute approximate surface area is 111 Å². The molecule has 0 saturated carbocycles. The summed E-state index contributed by atoms with van der Waals surface area (Å²) >= 11 is 0. The lowest BCUT2D eigenvalue weighted by atomic mass is 10.2. The van der Waals surface area contributed by atoms with Crippen LogP contribution in [0.4, 0.5) is 10.5 Å². The molecule has 0 aromatic carbocycles. The van der Waals surface area contributed by atoms with Crippen LogP contribution in [0.1, 0.15) is 20.8 Å². The molecule has 0 N–H and O–H groups in total. The fraction of sp³-hybridized carbons (Fsp3) is 0.636. The summed E-state index contributed by atoms with van der Waals surface area (Å²) < 4.78 is 6.60. The van der Waals surface area contributed by atoms with Gasteiger partial charge in [-0.2, -0.15) is 5.10 Å². The smallest absolute Gasteiger partial charge is 0.410 e. The summed E-state index contributed by atoms with van der Waals surface area (Å²) in [5.74, 6) is 0. The van der Waals surface area contributed by atoms with Gasteiger partial charge < -0.3 is 9.64 Å². The molecule has 1 aromatic heterocycles. The Balaban J connectivity index is 2.47. The van der Waals surface area contributed by atoms with E-state index in [4.69, 9.17) is 4.74 Å². The van der Waals surface area contributed by atoms with Crippen molar-refractivity contribution in [2.45, 2.75) is 32.9 Å². The molecular weight excluding hydrogens is 252 g/mol. The number of hydrogen-bond donors (Lipinski definition) is 0. The van der Waals surface area contributed by atoms with E-state index in [1.807, 2.05) is 0 Å². The Morgan fingerprint density at radius 2 is 2.21 bits per heavy atom. The van der Waals surface area contributed by atoms with Gasteiger partial charge in [-0.1, -0.05) is 0 Å². The Hall–Kier alpha value is -2.12. The van der Waals surface area contributed by atoms with Gasteiger partial charge >= 0.3 is 11.8 Å². The summed E-state index contributed by atoms with van der Waals surface area (Å²) in [5, 5.41) is 14.3. The molecule has 8 heteroatoms. The molecule has 0 aliphatic carbocycles. The second-order valence-electron chi connectivity index (χ2n) is 5.12. The molecule has 0 aliphatic heterocycles. The van der Waals surface area contributed by atoms with E-state index in [2.05, 4.69) is 5.10 Å². The van der Waals surface area contributed by atoms with E-state index in [1.165, 1.54) is 22.0 Å². The van der Waals surface area contributed by atoms with Gasteiger partial charge in [-0.15, -0.1) is 0 Å². The van der Waals surface area contributed by atoms with Crippen LogP contribution in [0.15, 0.2) is 12.4 Å². The second-order valence-corrected chi connectivity index (χ2v) is 5.12. The van der Waals surface area contributed by atoms with Crippen molar-refractivity contribution in [3.05, 3.63) is 22.5 Å². The molecule has 1 aromatic rings. The van der Waals surface area contributed by atoms with Crippen molar-refractivity contribution in [3.8, 4) is 0 Å². The maximum Gasteiger partial charge on any atom is 0.410 e. The fourth-order valence-corrected chi connectivity index (χ4v) is 1.25. The lowest BCUT2D eigenvalue weighted by Gasteiger charge is -2.24. The van der Waals surface area contributed by atoms with Crippen molar-refractivity contribution < 1.29 is 14.5 Å². The van der Waals surface area contributed by atoms with Crippen LogP contribution < -0.4 is 0 Å². The van der Waals surface area contributed by atoms with Crippen LogP contribution in [0.2, 0.25) is 0 Å². The molecule has 0 spiro atoms. The highest BCUT2D eigenvalue weighted by Crippen LogP contribution is 2.10. The number of hydrogen-bond acceptors (Lipinski definition) is 5.